The van der Waals surface area contributed by atoms with Gasteiger partial charge in [-0.25, -0.2) is 4.79 Å². The van der Waals surface area contributed by atoms with Gasteiger partial charge < -0.3 is 24.7 Å². The number of amides is 2. The van der Waals surface area contributed by atoms with Crippen molar-refractivity contribution in [3.63, 3.8) is 0 Å². The second-order valence-electron chi connectivity index (χ2n) is 9.88. The molecule has 0 radical (unpaired) electrons. The number of aromatic nitrogens is 2. The molecule has 0 unspecified atom stereocenters. The Hall–Kier alpha value is -3.84. The first-order valence-corrected chi connectivity index (χ1v) is 13.1. The van der Waals surface area contributed by atoms with E-state index in [9.17, 15) is 4.79 Å². The van der Waals surface area contributed by atoms with E-state index >= 15 is 0 Å². The van der Waals surface area contributed by atoms with Crippen molar-refractivity contribution in [3.8, 4) is 5.75 Å². The molecular weight excluding hydrogens is 464 g/mol. The number of urea groups is 1. The number of aromatic amines is 1. The van der Waals surface area contributed by atoms with E-state index in [1.54, 1.807) is 0 Å². The average molecular weight is 497 g/mol. The zero-order valence-electron chi connectivity index (χ0n) is 21.1. The third-order valence-corrected chi connectivity index (χ3v) is 7.42. The summed E-state index contributed by atoms with van der Waals surface area (Å²) < 4.78 is 12.1. The lowest BCUT2D eigenvalue weighted by Crippen LogP contribution is -2.44. The zero-order valence-corrected chi connectivity index (χ0v) is 21.1. The highest BCUT2D eigenvalue weighted by Crippen LogP contribution is 2.32. The van der Waals surface area contributed by atoms with Gasteiger partial charge in [0.1, 0.15) is 12.4 Å². The molecule has 2 aliphatic rings. The van der Waals surface area contributed by atoms with Crippen LogP contribution in [0, 0.1) is 0 Å². The van der Waals surface area contributed by atoms with Crippen molar-refractivity contribution >= 4 is 16.9 Å². The van der Waals surface area contributed by atoms with Crippen molar-refractivity contribution in [2.45, 2.75) is 52.0 Å². The van der Waals surface area contributed by atoms with Crippen LogP contribution in [0.1, 0.15) is 40.6 Å². The fraction of sp³-hybridized carbons (Fsp3) is 0.333. The third-order valence-electron chi connectivity index (χ3n) is 7.42. The molecule has 190 valence electrons. The molecule has 37 heavy (non-hydrogen) atoms. The minimum absolute atomic E-state index is 0.0270. The number of ether oxygens (including phenoxy) is 2. The van der Waals surface area contributed by atoms with Crippen LogP contribution in [-0.4, -0.2) is 40.1 Å². The molecule has 6 rings (SSSR count). The summed E-state index contributed by atoms with van der Waals surface area (Å²) in [6.07, 6.45) is 4.49. The average Bonchev–Trinajstić information content (AvgIpc) is 3.35. The van der Waals surface area contributed by atoms with Crippen LogP contribution in [0.25, 0.3) is 10.9 Å². The van der Waals surface area contributed by atoms with Crippen molar-refractivity contribution in [2.24, 2.45) is 0 Å². The molecule has 0 fully saturated rings. The van der Waals surface area contributed by atoms with Gasteiger partial charge in [-0.2, -0.15) is 0 Å². The number of hydrogen-bond donors (Lipinski definition) is 2. The Morgan fingerprint density at radius 1 is 1.14 bits per heavy atom. The van der Waals surface area contributed by atoms with Gasteiger partial charge in [-0.05, 0) is 53.8 Å². The largest absolute Gasteiger partial charge is 0.487 e. The minimum atomic E-state index is -0.0270. The monoisotopic (exact) mass is 496 g/mol. The molecule has 2 aromatic heterocycles. The lowest BCUT2D eigenvalue weighted by molar-refractivity contribution is 0.0389. The number of carbonyl (C=O) groups excluding carboxylic acids is 1. The number of H-pyrrole nitrogens is 1. The van der Waals surface area contributed by atoms with E-state index in [1.807, 2.05) is 53.6 Å². The fourth-order valence-corrected chi connectivity index (χ4v) is 5.44. The first-order valence-electron chi connectivity index (χ1n) is 13.1. The summed E-state index contributed by atoms with van der Waals surface area (Å²) in [6.45, 7) is 4.88. The summed E-state index contributed by atoms with van der Waals surface area (Å²) in [7, 11) is 0. The SMILES string of the molecule is C[C@H]1Cc2c(COc3ccccc3)nc3c(c2CO1)CN(C(=O)NCCc1c[nH]c2ccccc12)CC3. The van der Waals surface area contributed by atoms with E-state index in [0.717, 1.165) is 47.5 Å². The molecule has 0 saturated carbocycles. The van der Waals surface area contributed by atoms with Crippen LogP contribution in [-0.2, 0) is 43.8 Å². The highest BCUT2D eigenvalue weighted by molar-refractivity contribution is 5.83. The number of nitrogens with zero attached hydrogens (tertiary/aromatic N) is 2. The smallest absolute Gasteiger partial charge is 0.317 e. The Morgan fingerprint density at radius 3 is 2.86 bits per heavy atom. The molecule has 0 bridgehead atoms. The van der Waals surface area contributed by atoms with E-state index in [-0.39, 0.29) is 12.1 Å². The minimum Gasteiger partial charge on any atom is -0.487 e. The van der Waals surface area contributed by atoms with Gasteiger partial charge in [-0.15, -0.1) is 0 Å². The standard InChI is InChI=1S/C30H32N4O3/c1-20-15-24-26(18-36-20)25-17-34(14-12-28(25)33-29(24)19-37-22-7-3-2-4-8-22)30(35)31-13-11-21-16-32-27-10-6-5-9-23(21)27/h2-10,16,20,32H,11-15,17-19H2,1H3,(H,31,35)/t20-/m0/s1. The summed E-state index contributed by atoms with van der Waals surface area (Å²) in [4.78, 5) is 23.3. The quantitative estimate of drug-likeness (QED) is 0.397. The van der Waals surface area contributed by atoms with Gasteiger partial charge in [0.25, 0.3) is 0 Å². The molecule has 1 atom stereocenters. The highest BCUT2D eigenvalue weighted by Gasteiger charge is 2.30. The number of rotatable bonds is 6. The van der Waals surface area contributed by atoms with Crippen molar-refractivity contribution < 1.29 is 14.3 Å². The predicted octanol–water partition coefficient (Wildman–Crippen LogP) is 4.91. The van der Waals surface area contributed by atoms with Crippen molar-refractivity contribution in [2.75, 3.05) is 13.1 Å². The lowest BCUT2D eigenvalue weighted by atomic mass is 9.90. The maximum atomic E-state index is 13.1. The van der Waals surface area contributed by atoms with Gasteiger partial charge >= 0.3 is 6.03 Å². The van der Waals surface area contributed by atoms with Gasteiger partial charge in [-0.3, -0.25) is 4.98 Å². The summed E-state index contributed by atoms with van der Waals surface area (Å²) in [6, 6.07) is 18.1. The Morgan fingerprint density at radius 2 is 1.97 bits per heavy atom. The number of fused-ring (bicyclic) bond motifs is 4. The molecule has 4 heterocycles. The summed E-state index contributed by atoms with van der Waals surface area (Å²) >= 11 is 0. The van der Waals surface area contributed by atoms with Gasteiger partial charge in [0.05, 0.1) is 18.4 Å². The second-order valence-corrected chi connectivity index (χ2v) is 9.88. The molecule has 0 saturated heterocycles. The summed E-state index contributed by atoms with van der Waals surface area (Å²) in [5.74, 6) is 0.839. The van der Waals surface area contributed by atoms with Gasteiger partial charge in [0, 0.05) is 55.3 Å². The van der Waals surface area contributed by atoms with E-state index < -0.39 is 0 Å². The van der Waals surface area contributed by atoms with Crippen LogP contribution < -0.4 is 10.1 Å². The maximum absolute atomic E-state index is 13.1. The molecular formula is C30H32N4O3. The Bertz CT molecular complexity index is 1420. The number of benzene rings is 2. The van der Waals surface area contributed by atoms with Crippen LogP contribution in [0.3, 0.4) is 0 Å². The van der Waals surface area contributed by atoms with Crippen LogP contribution in [0.4, 0.5) is 4.79 Å². The molecule has 2 aromatic carbocycles. The number of pyridine rings is 1. The maximum Gasteiger partial charge on any atom is 0.317 e. The number of hydrogen-bond acceptors (Lipinski definition) is 4. The van der Waals surface area contributed by atoms with E-state index in [2.05, 4.69) is 29.4 Å². The van der Waals surface area contributed by atoms with E-state index in [0.29, 0.717) is 32.8 Å². The van der Waals surface area contributed by atoms with E-state index in [1.165, 1.54) is 22.1 Å². The number of nitrogens with one attached hydrogen (secondary N) is 2. The summed E-state index contributed by atoms with van der Waals surface area (Å²) in [5.41, 5.74) is 7.94. The fourth-order valence-electron chi connectivity index (χ4n) is 5.44. The van der Waals surface area contributed by atoms with Crippen LogP contribution in [0.15, 0.2) is 60.8 Å². The topological polar surface area (TPSA) is 79.5 Å². The molecule has 2 N–H and O–H groups in total. The summed E-state index contributed by atoms with van der Waals surface area (Å²) in [5, 5.41) is 4.34. The molecule has 7 heteroatoms. The molecule has 0 aliphatic carbocycles. The molecule has 0 spiro atoms. The Kier molecular flexibility index (Phi) is 6.53. The van der Waals surface area contributed by atoms with Gasteiger partial charge in [0.2, 0.25) is 0 Å². The molecule has 2 aliphatic heterocycles. The molecule has 4 aromatic rings. The van der Waals surface area contributed by atoms with E-state index in [4.69, 9.17) is 14.5 Å². The first-order chi connectivity index (χ1) is 18.2. The Balaban J connectivity index is 1.15. The first kappa shape index (κ1) is 23.6. The van der Waals surface area contributed by atoms with Crippen molar-refractivity contribution in [1.29, 1.82) is 0 Å². The van der Waals surface area contributed by atoms with Crippen LogP contribution in [0.2, 0.25) is 0 Å². The zero-order chi connectivity index (χ0) is 25.2. The molecule has 2 amide bonds. The van der Waals surface area contributed by atoms with Crippen molar-refractivity contribution in [3.05, 3.63) is 94.4 Å². The number of para-hydroxylation sites is 2. The normalized spacial score (nSPS) is 16.8. The lowest BCUT2D eigenvalue weighted by Gasteiger charge is -2.34. The van der Waals surface area contributed by atoms with Crippen LogP contribution in [0.5, 0.6) is 5.75 Å². The van der Waals surface area contributed by atoms with Crippen molar-refractivity contribution in [1.82, 2.24) is 20.2 Å². The van der Waals surface area contributed by atoms with Crippen LogP contribution >= 0.6 is 0 Å². The second kappa shape index (κ2) is 10.3. The van der Waals surface area contributed by atoms with Gasteiger partial charge in [0.15, 0.2) is 0 Å². The third kappa shape index (κ3) is 4.91. The molecule has 7 nitrogen and oxygen atoms in total. The highest BCUT2D eigenvalue weighted by atomic mass is 16.5. The Labute approximate surface area is 216 Å². The number of carbonyl (C=O) groups is 1. The predicted molar refractivity (Wildman–Crippen MR) is 142 cm³/mol. The van der Waals surface area contributed by atoms with Gasteiger partial charge in [-0.1, -0.05) is 36.4 Å².